The van der Waals surface area contributed by atoms with Crippen molar-refractivity contribution in [1.29, 1.82) is 0 Å². The van der Waals surface area contributed by atoms with E-state index in [1.54, 1.807) is 0 Å². The molecule has 29 heavy (non-hydrogen) atoms. The third-order valence-electron chi connectivity index (χ3n) is 6.47. The highest BCUT2D eigenvalue weighted by atomic mass is 79.9. The second-order valence-corrected chi connectivity index (χ2v) is 8.81. The quantitative estimate of drug-likeness (QED) is 0.290. The first-order valence-corrected chi connectivity index (χ1v) is 10.9. The molecule has 1 nitrogen and oxygen atoms in total. The van der Waals surface area contributed by atoms with Gasteiger partial charge in [-0.15, -0.1) is 0 Å². The monoisotopic (exact) mass is 437 g/mol. The molecular weight excluding hydrogens is 418 g/mol. The molecule has 0 radical (unpaired) electrons. The summed E-state index contributed by atoms with van der Waals surface area (Å²) in [6.45, 7) is 2.25. The van der Waals surface area contributed by atoms with Crippen molar-refractivity contribution < 1.29 is 0 Å². The number of H-pyrrole nitrogens is 1. The highest BCUT2D eigenvalue weighted by Gasteiger charge is 2.29. The van der Waals surface area contributed by atoms with E-state index in [1.165, 1.54) is 59.5 Å². The van der Waals surface area contributed by atoms with Gasteiger partial charge in [0.25, 0.3) is 0 Å². The van der Waals surface area contributed by atoms with Crippen molar-refractivity contribution in [2.45, 2.75) is 19.3 Å². The average molecular weight is 438 g/mol. The molecular formula is C27H20BrN. The molecule has 0 aliphatic heterocycles. The van der Waals surface area contributed by atoms with Crippen LogP contribution in [0.25, 0.3) is 32.8 Å². The maximum atomic E-state index is 3.87. The lowest BCUT2D eigenvalue weighted by Crippen LogP contribution is -2.02. The third-order valence-corrected chi connectivity index (χ3v) is 7.33. The predicted molar refractivity (Wildman–Crippen MR) is 126 cm³/mol. The summed E-state index contributed by atoms with van der Waals surface area (Å²) in [4.78, 5) is 3.42. The minimum atomic E-state index is 0.404. The van der Waals surface area contributed by atoms with Gasteiger partial charge in [-0.25, -0.2) is 0 Å². The van der Waals surface area contributed by atoms with Gasteiger partial charge in [-0.3, -0.25) is 0 Å². The predicted octanol–water partition coefficient (Wildman–Crippen LogP) is 7.75. The summed E-state index contributed by atoms with van der Waals surface area (Å²) in [5, 5.41) is 3.89. The molecule has 1 aliphatic carbocycles. The highest BCUT2D eigenvalue weighted by molar-refractivity contribution is 9.10. The fourth-order valence-corrected chi connectivity index (χ4v) is 5.78. The summed E-state index contributed by atoms with van der Waals surface area (Å²) in [5.41, 5.74) is 9.69. The Bertz CT molecular complexity index is 1360. The van der Waals surface area contributed by atoms with Crippen LogP contribution in [-0.4, -0.2) is 4.98 Å². The van der Waals surface area contributed by atoms with E-state index in [1.807, 2.05) is 6.20 Å². The van der Waals surface area contributed by atoms with Crippen LogP contribution in [0.15, 0.2) is 83.5 Å². The van der Waals surface area contributed by atoms with Gasteiger partial charge in [0.05, 0.1) is 0 Å². The van der Waals surface area contributed by atoms with E-state index in [0.29, 0.717) is 5.92 Å². The van der Waals surface area contributed by atoms with E-state index in [9.17, 15) is 0 Å². The Hall–Kier alpha value is -2.84. The number of halogens is 1. The summed E-state index contributed by atoms with van der Waals surface area (Å²) in [7, 11) is 0. The SMILES string of the molecule is Cc1cc2c(Br)c3ccc[nH]c3cc2c1CC1c2ccccc2-c2ccccc21. The zero-order valence-corrected chi connectivity index (χ0v) is 17.8. The molecule has 1 heterocycles. The van der Waals surface area contributed by atoms with Gasteiger partial charge in [-0.1, -0.05) is 54.6 Å². The maximum Gasteiger partial charge on any atom is 0.0471 e. The van der Waals surface area contributed by atoms with Crippen LogP contribution in [-0.2, 0) is 6.42 Å². The normalized spacial score (nSPS) is 13.2. The minimum Gasteiger partial charge on any atom is -0.361 e. The van der Waals surface area contributed by atoms with Crippen molar-refractivity contribution in [1.82, 2.24) is 4.98 Å². The first-order valence-electron chi connectivity index (χ1n) is 10.1. The molecule has 1 aromatic heterocycles. The van der Waals surface area contributed by atoms with Crippen LogP contribution < -0.4 is 0 Å². The molecule has 1 aliphatic rings. The molecule has 0 fully saturated rings. The molecule has 0 bridgehead atoms. The van der Waals surface area contributed by atoms with Crippen molar-refractivity contribution in [3.8, 4) is 11.1 Å². The number of hydrogen-bond donors (Lipinski definition) is 1. The van der Waals surface area contributed by atoms with Crippen molar-refractivity contribution in [2.24, 2.45) is 0 Å². The summed E-state index contributed by atoms with van der Waals surface area (Å²) >= 11 is 3.87. The Balaban J connectivity index is 1.56. The number of rotatable bonds is 2. The van der Waals surface area contributed by atoms with Gasteiger partial charge in [0.1, 0.15) is 0 Å². The van der Waals surface area contributed by atoms with Crippen LogP contribution in [0.3, 0.4) is 0 Å². The molecule has 0 saturated heterocycles. The van der Waals surface area contributed by atoms with E-state index in [0.717, 1.165) is 6.42 Å². The molecule has 4 aromatic carbocycles. The lowest BCUT2D eigenvalue weighted by Gasteiger charge is -2.15. The number of fused-ring (bicyclic) bond motifs is 5. The second-order valence-electron chi connectivity index (χ2n) is 8.02. The molecule has 0 atom stereocenters. The van der Waals surface area contributed by atoms with E-state index >= 15 is 0 Å². The number of aryl methyl sites for hydroxylation is 1. The summed E-state index contributed by atoms with van der Waals surface area (Å²) < 4.78 is 1.18. The van der Waals surface area contributed by atoms with E-state index in [4.69, 9.17) is 0 Å². The maximum absolute atomic E-state index is 3.87. The van der Waals surface area contributed by atoms with Gasteiger partial charge in [-0.05, 0) is 91.6 Å². The molecule has 6 rings (SSSR count). The van der Waals surface area contributed by atoms with E-state index < -0.39 is 0 Å². The minimum absolute atomic E-state index is 0.404. The fourth-order valence-electron chi connectivity index (χ4n) is 5.11. The molecule has 1 N–H and O–H groups in total. The van der Waals surface area contributed by atoms with Crippen molar-refractivity contribution >= 4 is 37.6 Å². The van der Waals surface area contributed by atoms with Gasteiger partial charge in [0.15, 0.2) is 0 Å². The first kappa shape index (κ1) is 17.1. The first-order chi connectivity index (χ1) is 14.2. The molecule has 0 amide bonds. The van der Waals surface area contributed by atoms with Crippen LogP contribution >= 0.6 is 15.9 Å². The Labute approximate surface area is 178 Å². The Morgan fingerprint density at radius 2 is 1.48 bits per heavy atom. The van der Waals surface area contributed by atoms with Crippen molar-refractivity contribution in [2.75, 3.05) is 0 Å². The summed E-state index contributed by atoms with van der Waals surface area (Å²) in [5.74, 6) is 0.404. The van der Waals surface area contributed by atoms with Gasteiger partial charge in [0.2, 0.25) is 0 Å². The van der Waals surface area contributed by atoms with Crippen LogP contribution in [0.2, 0.25) is 0 Å². The van der Waals surface area contributed by atoms with Gasteiger partial charge < -0.3 is 4.98 Å². The lowest BCUT2D eigenvalue weighted by atomic mass is 9.89. The number of aromatic amines is 1. The molecule has 140 valence electrons. The van der Waals surface area contributed by atoms with Gasteiger partial charge >= 0.3 is 0 Å². The molecule has 2 heteroatoms. The smallest absolute Gasteiger partial charge is 0.0471 e. The highest BCUT2D eigenvalue weighted by Crippen LogP contribution is 2.47. The second kappa shape index (κ2) is 6.33. The van der Waals surface area contributed by atoms with Crippen molar-refractivity contribution in [3.63, 3.8) is 0 Å². The Morgan fingerprint density at radius 1 is 0.793 bits per heavy atom. The van der Waals surface area contributed by atoms with E-state index in [-0.39, 0.29) is 0 Å². The molecule has 0 saturated carbocycles. The van der Waals surface area contributed by atoms with Crippen LogP contribution in [0.4, 0.5) is 0 Å². The number of hydrogen-bond acceptors (Lipinski definition) is 0. The van der Waals surface area contributed by atoms with Crippen LogP contribution in [0.1, 0.15) is 28.2 Å². The standard InChI is InChI=1S/C27H20BrN/c1-16-13-25-24(15-26-21(27(25)28)11-6-12-29-26)22(16)14-23-19-9-4-2-7-17(19)18-8-3-5-10-20(18)23/h2-13,15,23,29H,14H2,1H3. The van der Waals surface area contributed by atoms with Gasteiger partial charge in [0, 0.05) is 27.5 Å². The Morgan fingerprint density at radius 3 is 2.21 bits per heavy atom. The number of benzene rings is 3. The molecule has 0 spiro atoms. The molecule has 0 unspecified atom stereocenters. The Kier molecular flexibility index (Phi) is 3.72. The largest absolute Gasteiger partial charge is 0.361 e. The number of aromatic nitrogens is 1. The average Bonchev–Trinajstić information content (AvgIpc) is 3.24. The topological polar surface area (TPSA) is 15.8 Å². The summed E-state index contributed by atoms with van der Waals surface area (Å²) in [6, 6.07) is 26.7. The lowest BCUT2D eigenvalue weighted by molar-refractivity contribution is 0.829. The summed E-state index contributed by atoms with van der Waals surface area (Å²) in [6.07, 6.45) is 3.02. The molecule has 5 aromatic rings. The van der Waals surface area contributed by atoms with Crippen LogP contribution in [0.5, 0.6) is 0 Å². The van der Waals surface area contributed by atoms with E-state index in [2.05, 4.69) is 101 Å². The zero-order valence-electron chi connectivity index (χ0n) is 16.2. The van der Waals surface area contributed by atoms with Gasteiger partial charge in [-0.2, -0.15) is 0 Å². The van der Waals surface area contributed by atoms with Crippen molar-refractivity contribution in [3.05, 3.63) is 106 Å². The van der Waals surface area contributed by atoms with Crippen LogP contribution in [0, 0.1) is 6.92 Å². The number of nitrogens with one attached hydrogen (secondary N) is 1. The third kappa shape index (κ3) is 2.45. The fraction of sp³-hybridized carbons (Fsp3) is 0.111. The number of pyridine rings is 1. The zero-order chi connectivity index (χ0) is 19.5.